The molecule has 0 bridgehead atoms. The van der Waals surface area contributed by atoms with Gasteiger partial charge in [-0.05, 0) is 24.1 Å². The quantitative estimate of drug-likeness (QED) is 0.315. The normalized spacial score (nSPS) is 10.7. The summed E-state index contributed by atoms with van der Waals surface area (Å²) in [4.78, 5) is 4.26. The molecule has 8 heteroatoms. The van der Waals surface area contributed by atoms with Gasteiger partial charge in [-0.2, -0.15) is 0 Å². The van der Waals surface area contributed by atoms with Gasteiger partial charge in [-0.1, -0.05) is 23.7 Å². The Morgan fingerprint density at radius 3 is 2.21 bits per heavy atom. The number of benzene rings is 2. The second kappa shape index (κ2) is 12.6. The molecule has 0 aliphatic rings. The molecule has 0 heterocycles. The molecule has 2 rings (SSSR count). The van der Waals surface area contributed by atoms with E-state index in [-0.39, 0.29) is 24.0 Å². The summed E-state index contributed by atoms with van der Waals surface area (Å²) >= 11 is 6.02. The lowest BCUT2D eigenvalue weighted by Crippen LogP contribution is -2.38. The van der Waals surface area contributed by atoms with Gasteiger partial charge in [-0.3, -0.25) is 4.99 Å². The molecule has 0 atom stereocenters. The molecule has 0 aliphatic heterocycles. The van der Waals surface area contributed by atoms with E-state index in [4.69, 9.17) is 25.8 Å². The van der Waals surface area contributed by atoms with Gasteiger partial charge >= 0.3 is 0 Å². The van der Waals surface area contributed by atoms with Gasteiger partial charge in [-0.15, -0.1) is 24.0 Å². The second-order valence-corrected chi connectivity index (χ2v) is 6.18. The average molecular weight is 520 g/mol. The van der Waals surface area contributed by atoms with Crippen molar-refractivity contribution in [3.63, 3.8) is 0 Å². The molecule has 0 aromatic heterocycles. The van der Waals surface area contributed by atoms with E-state index in [0.717, 1.165) is 23.6 Å². The fourth-order valence-corrected chi connectivity index (χ4v) is 2.88. The summed E-state index contributed by atoms with van der Waals surface area (Å²) in [5, 5.41) is 7.32. The Hall–Kier alpha value is -1.87. The summed E-state index contributed by atoms with van der Waals surface area (Å²) in [6, 6.07) is 11.5. The summed E-state index contributed by atoms with van der Waals surface area (Å²) < 4.78 is 16.2. The lowest BCUT2D eigenvalue weighted by Gasteiger charge is -2.17. The molecule has 28 heavy (non-hydrogen) atoms. The fourth-order valence-electron chi connectivity index (χ4n) is 2.66. The van der Waals surface area contributed by atoms with Crippen LogP contribution in [0.2, 0.25) is 5.02 Å². The first-order chi connectivity index (χ1) is 13.1. The molecule has 0 saturated carbocycles. The minimum atomic E-state index is 0. The molecule has 2 aromatic carbocycles. The summed E-state index contributed by atoms with van der Waals surface area (Å²) in [6.45, 7) is 1.23. The number of nitrogens with zero attached hydrogens (tertiary/aromatic N) is 1. The van der Waals surface area contributed by atoms with E-state index in [1.54, 1.807) is 28.4 Å². The Balaban J connectivity index is 0.00000392. The van der Waals surface area contributed by atoms with Crippen molar-refractivity contribution >= 4 is 41.5 Å². The van der Waals surface area contributed by atoms with Crippen LogP contribution in [-0.2, 0) is 13.0 Å². The summed E-state index contributed by atoms with van der Waals surface area (Å²) in [5.74, 6) is 2.74. The largest absolute Gasteiger partial charge is 0.496 e. The molecule has 0 aliphatic carbocycles. The Kier molecular flexibility index (Phi) is 10.8. The van der Waals surface area contributed by atoms with Crippen LogP contribution in [0.3, 0.4) is 0 Å². The number of halogens is 2. The van der Waals surface area contributed by atoms with Crippen LogP contribution in [0.25, 0.3) is 0 Å². The number of hydrogen-bond acceptors (Lipinski definition) is 4. The number of ether oxygens (including phenoxy) is 3. The zero-order valence-corrected chi connectivity index (χ0v) is 19.6. The van der Waals surface area contributed by atoms with Crippen LogP contribution in [0.4, 0.5) is 0 Å². The maximum atomic E-state index is 6.02. The lowest BCUT2D eigenvalue weighted by atomic mass is 10.1. The third-order valence-electron chi connectivity index (χ3n) is 4.07. The highest BCUT2D eigenvalue weighted by atomic mass is 127. The molecule has 0 amide bonds. The number of aliphatic imine (C=N–C) groups is 1. The second-order valence-electron chi connectivity index (χ2n) is 5.74. The summed E-state index contributed by atoms with van der Waals surface area (Å²) in [5.41, 5.74) is 2.06. The first-order valence-corrected chi connectivity index (χ1v) is 8.97. The van der Waals surface area contributed by atoms with E-state index in [1.165, 1.54) is 5.56 Å². The molecule has 6 nitrogen and oxygen atoms in total. The van der Waals surface area contributed by atoms with E-state index in [1.807, 2.05) is 30.3 Å². The van der Waals surface area contributed by atoms with Crippen molar-refractivity contribution < 1.29 is 14.2 Å². The number of guanidine groups is 1. The number of methoxy groups -OCH3 is 3. The van der Waals surface area contributed by atoms with Crippen LogP contribution in [0.15, 0.2) is 41.4 Å². The molecule has 2 N–H and O–H groups in total. The molecule has 2 aromatic rings. The lowest BCUT2D eigenvalue weighted by molar-refractivity contribution is 0.368. The number of nitrogens with one attached hydrogen (secondary N) is 2. The van der Waals surface area contributed by atoms with E-state index in [9.17, 15) is 0 Å². The van der Waals surface area contributed by atoms with Crippen LogP contribution in [0.5, 0.6) is 17.2 Å². The van der Waals surface area contributed by atoms with Gasteiger partial charge in [0.05, 0.1) is 33.4 Å². The highest BCUT2D eigenvalue weighted by molar-refractivity contribution is 14.0. The Morgan fingerprint density at radius 1 is 1.00 bits per heavy atom. The van der Waals surface area contributed by atoms with Gasteiger partial charge in [0.15, 0.2) is 5.96 Å². The van der Waals surface area contributed by atoms with Gasteiger partial charge in [0, 0.05) is 30.7 Å². The van der Waals surface area contributed by atoms with Gasteiger partial charge in [0.2, 0.25) is 0 Å². The zero-order valence-electron chi connectivity index (χ0n) is 16.5. The monoisotopic (exact) mass is 519 g/mol. The molecule has 154 valence electrons. The molecule has 0 fully saturated rings. The molecule has 0 unspecified atom stereocenters. The van der Waals surface area contributed by atoms with E-state index >= 15 is 0 Å². The topological polar surface area (TPSA) is 64.1 Å². The van der Waals surface area contributed by atoms with Crippen LogP contribution >= 0.6 is 35.6 Å². The van der Waals surface area contributed by atoms with E-state index < -0.39 is 0 Å². The van der Waals surface area contributed by atoms with Crippen LogP contribution in [0, 0.1) is 0 Å². The van der Waals surface area contributed by atoms with Crippen molar-refractivity contribution in [2.45, 2.75) is 13.0 Å². The van der Waals surface area contributed by atoms with Gasteiger partial charge in [0.25, 0.3) is 0 Å². The number of hydrogen-bond donors (Lipinski definition) is 2. The fraction of sp³-hybridized carbons (Fsp3) is 0.350. The molecular weight excluding hydrogens is 493 g/mol. The highest BCUT2D eigenvalue weighted by Crippen LogP contribution is 2.33. The first-order valence-electron chi connectivity index (χ1n) is 8.59. The van der Waals surface area contributed by atoms with Crippen molar-refractivity contribution in [1.82, 2.24) is 10.6 Å². The SMILES string of the molecule is CN=C(NCCc1cccc(Cl)c1)NCc1c(OC)cc(OC)cc1OC.I. The minimum Gasteiger partial charge on any atom is -0.496 e. The highest BCUT2D eigenvalue weighted by Gasteiger charge is 2.13. The maximum Gasteiger partial charge on any atom is 0.191 e. The molecular formula is C20H27ClIN3O3. The van der Waals surface area contributed by atoms with Crippen molar-refractivity contribution in [2.75, 3.05) is 34.9 Å². The molecule has 0 saturated heterocycles. The van der Waals surface area contributed by atoms with Crippen molar-refractivity contribution in [3.05, 3.63) is 52.5 Å². The van der Waals surface area contributed by atoms with Crippen molar-refractivity contribution in [2.24, 2.45) is 4.99 Å². The van der Waals surface area contributed by atoms with Gasteiger partial charge in [-0.25, -0.2) is 0 Å². The smallest absolute Gasteiger partial charge is 0.191 e. The van der Waals surface area contributed by atoms with Gasteiger partial charge < -0.3 is 24.8 Å². The first kappa shape index (κ1) is 24.2. The number of rotatable bonds is 8. The Bertz CT molecular complexity index is 762. The van der Waals surface area contributed by atoms with Crippen LogP contribution in [-0.4, -0.2) is 40.9 Å². The summed E-state index contributed by atoms with van der Waals surface area (Å²) in [6.07, 6.45) is 0.844. The van der Waals surface area contributed by atoms with E-state index in [2.05, 4.69) is 21.7 Å². The van der Waals surface area contributed by atoms with Crippen LogP contribution in [0.1, 0.15) is 11.1 Å². The third kappa shape index (κ3) is 6.94. The standard InChI is InChI=1S/C20H26ClN3O3.HI/c1-22-20(23-9-8-14-6-5-7-15(21)10-14)24-13-17-18(26-3)11-16(25-2)12-19(17)27-4;/h5-7,10-12H,8-9,13H2,1-4H3,(H2,22,23,24);1H. The summed E-state index contributed by atoms with van der Waals surface area (Å²) in [7, 11) is 6.58. The van der Waals surface area contributed by atoms with Crippen molar-refractivity contribution in [3.8, 4) is 17.2 Å². The predicted octanol–water partition coefficient (Wildman–Crippen LogP) is 3.89. The Labute approximate surface area is 188 Å². The molecule has 0 radical (unpaired) electrons. The van der Waals surface area contributed by atoms with Crippen LogP contribution < -0.4 is 24.8 Å². The maximum absolute atomic E-state index is 6.02. The molecule has 0 spiro atoms. The van der Waals surface area contributed by atoms with Gasteiger partial charge in [0.1, 0.15) is 17.2 Å². The van der Waals surface area contributed by atoms with Crippen molar-refractivity contribution in [1.29, 1.82) is 0 Å². The zero-order chi connectivity index (χ0) is 19.6. The average Bonchev–Trinajstić information content (AvgIpc) is 2.69. The Morgan fingerprint density at radius 2 is 1.68 bits per heavy atom. The minimum absolute atomic E-state index is 0. The third-order valence-corrected chi connectivity index (χ3v) is 4.30. The van der Waals surface area contributed by atoms with E-state index in [0.29, 0.717) is 29.8 Å². The predicted molar refractivity (Wildman–Crippen MR) is 125 cm³/mol.